The third-order valence-corrected chi connectivity index (χ3v) is 5.57. The van der Waals surface area contributed by atoms with Crippen LogP contribution >= 0.6 is 15.9 Å². The smallest absolute Gasteiger partial charge is 0.174 e. The van der Waals surface area contributed by atoms with Crippen LogP contribution in [-0.2, 0) is 11.3 Å². The van der Waals surface area contributed by atoms with E-state index in [2.05, 4.69) is 26.1 Å². The Bertz CT molecular complexity index is 782. The maximum absolute atomic E-state index is 13.4. The molecule has 1 saturated heterocycles. The summed E-state index contributed by atoms with van der Waals surface area (Å²) in [5.41, 5.74) is 2.20. The molecule has 158 valence electrons. The molecule has 5 nitrogen and oxygen atoms in total. The van der Waals surface area contributed by atoms with Gasteiger partial charge in [0.1, 0.15) is 5.82 Å². The van der Waals surface area contributed by atoms with Gasteiger partial charge in [-0.1, -0.05) is 12.1 Å². The van der Waals surface area contributed by atoms with Gasteiger partial charge in [-0.05, 0) is 58.2 Å². The largest absolute Gasteiger partial charge is 0.492 e. The SMILES string of the molecule is CCOc1cc(CNCC(c2ccc(F)cc2)N2CCOCC2)cc(Br)c1OC. The van der Waals surface area contributed by atoms with E-state index in [1.807, 2.05) is 31.2 Å². The van der Waals surface area contributed by atoms with Crippen LogP contribution in [0, 0.1) is 5.82 Å². The highest BCUT2D eigenvalue weighted by molar-refractivity contribution is 9.10. The second-order valence-corrected chi connectivity index (χ2v) is 7.74. The lowest BCUT2D eigenvalue weighted by molar-refractivity contribution is 0.0161. The van der Waals surface area contributed by atoms with Crippen LogP contribution in [0.5, 0.6) is 11.5 Å². The average molecular weight is 467 g/mol. The van der Waals surface area contributed by atoms with E-state index >= 15 is 0 Å². The van der Waals surface area contributed by atoms with Crippen LogP contribution in [0.25, 0.3) is 0 Å². The summed E-state index contributed by atoms with van der Waals surface area (Å²) in [6.45, 7) is 7.14. The lowest BCUT2D eigenvalue weighted by Gasteiger charge is -2.35. The van der Waals surface area contributed by atoms with Crippen LogP contribution in [0.2, 0.25) is 0 Å². The first-order valence-electron chi connectivity index (χ1n) is 9.89. The first-order chi connectivity index (χ1) is 14.1. The number of benzene rings is 2. The number of morpholine rings is 1. The van der Waals surface area contributed by atoms with E-state index in [9.17, 15) is 4.39 Å². The molecule has 0 amide bonds. The average Bonchev–Trinajstić information content (AvgIpc) is 2.73. The summed E-state index contributed by atoms with van der Waals surface area (Å²) in [6.07, 6.45) is 0. The van der Waals surface area contributed by atoms with Crippen molar-refractivity contribution in [3.63, 3.8) is 0 Å². The second kappa shape index (κ2) is 10.9. The van der Waals surface area contributed by atoms with Gasteiger partial charge in [0.2, 0.25) is 0 Å². The summed E-state index contributed by atoms with van der Waals surface area (Å²) in [6, 6.07) is 11.0. The highest BCUT2D eigenvalue weighted by Crippen LogP contribution is 2.36. The van der Waals surface area contributed by atoms with Gasteiger partial charge < -0.3 is 19.5 Å². The van der Waals surface area contributed by atoms with Gasteiger partial charge in [-0.2, -0.15) is 0 Å². The molecule has 2 aromatic carbocycles. The minimum atomic E-state index is -0.214. The number of rotatable bonds is 9. The first kappa shape index (κ1) is 22.0. The van der Waals surface area contributed by atoms with E-state index in [1.54, 1.807) is 7.11 Å². The summed E-state index contributed by atoms with van der Waals surface area (Å²) in [5, 5.41) is 3.55. The van der Waals surface area contributed by atoms with E-state index in [1.165, 1.54) is 12.1 Å². The van der Waals surface area contributed by atoms with Crippen molar-refractivity contribution in [1.29, 1.82) is 0 Å². The molecule has 29 heavy (non-hydrogen) atoms. The molecule has 0 aromatic heterocycles. The quantitative estimate of drug-likeness (QED) is 0.600. The zero-order valence-electron chi connectivity index (χ0n) is 16.9. The molecule has 1 heterocycles. The predicted molar refractivity (Wildman–Crippen MR) is 115 cm³/mol. The van der Waals surface area contributed by atoms with Gasteiger partial charge in [0.15, 0.2) is 11.5 Å². The third kappa shape index (κ3) is 5.92. The molecule has 1 atom stereocenters. The van der Waals surface area contributed by atoms with Crippen LogP contribution in [-0.4, -0.2) is 51.5 Å². The minimum Gasteiger partial charge on any atom is -0.492 e. The normalized spacial score (nSPS) is 15.9. The fraction of sp³-hybridized carbons (Fsp3) is 0.455. The van der Waals surface area contributed by atoms with E-state index in [0.717, 1.165) is 54.2 Å². The van der Waals surface area contributed by atoms with E-state index in [4.69, 9.17) is 14.2 Å². The molecule has 0 aliphatic carbocycles. The Morgan fingerprint density at radius 3 is 2.59 bits per heavy atom. The van der Waals surface area contributed by atoms with Crippen LogP contribution in [0.4, 0.5) is 4.39 Å². The molecule has 7 heteroatoms. The summed E-state index contributed by atoms with van der Waals surface area (Å²) in [4.78, 5) is 2.39. The molecule has 1 unspecified atom stereocenters. The number of nitrogens with one attached hydrogen (secondary N) is 1. The molecule has 2 aromatic rings. The minimum absolute atomic E-state index is 0.160. The molecular formula is C22H28BrFN2O3. The number of methoxy groups -OCH3 is 1. The predicted octanol–water partition coefficient (Wildman–Crippen LogP) is 4.16. The van der Waals surface area contributed by atoms with Crippen molar-refractivity contribution < 1.29 is 18.6 Å². The lowest BCUT2D eigenvalue weighted by atomic mass is 10.0. The topological polar surface area (TPSA) is 43.0 Å². The zero-order chi connectivity index (χ0) is 20.6. The van der Waals surface area contributed by atoms with Crippen molar-refractivity contribution in [2.24, 2.45) is 0 Å². The van der Waals surface area contributed by atoms with Crippen molar-refractivity contribution in [3.8, 4) is 11.5 Å². The molecule has 3 rings (SSSR count). The Kier molecular flexibility index (Phi) is 8.29. The first-order valence-corrected chi connectivity index (χ1v) is 10.7. The van der Waals surface area contributed by atoms with Crippen molar-refractivity contribution in [2.75, 3.05) is 46.6 Å². The monoisotopic (exact) mass is 466 g/mol. The number of nitrogens with zero attached hydrogens (tertiary/aromatic N) is 1. The number of ether oxygens (including phenoxy) is 3. The van der Waals surface area contributed by atoms with E-state index in [0.29, 0.717) is 18.9 Å². The van der Waals surface area contributed by atoms with Gasteiger partial charge >= 0.3 is 0 Å². The Labute approximate surface area is 180 Å². The maximum atomic E-state index is 13.4. The summed E-state index contributed by atoms with van der Waals surface area (Å²) < 4.78 is 30.9. The summed E-state index contributed by atoms with van der Waals surface area (Å²) in [5.74, 6) is 1.21. The molecule has 0 bridgehead atoms. The van der Waals surface area contributed by atoms with Gasteiger partial charge in [0, 0.05) is 32.2 Å². The molecular weight excluding hydrogens is 439 g/mol. The zero-order valence-corrected chi connectivity index (χ0v) is 18.5. The Morgan fingerprint density at radius 2 is 1.93 bits per heavy atom. The standard InChI is InChI=1S/C22H28BrFN2O3/c1-3-29-21-13-16(12-19(23)22(21)27-2)14-25-15-20(26-8-10-28-11-9-26)17-4-6-18(24)7-5-17/h4-7,12-13,20,25H,3,8-11,14-15H2,1-2H3. The van der Waals surface area contributed by atoms with Gasteiger partial charge in [-0.3, -0.25) is 4.90 Å². The molecule has 1 aliphatic rings. The van der Waals surface area contributed by atoms with Gasteiger partial charge in [0.05, 0.1) is 31.4 Å². The maximum Gasteiger partial charge on any atom is 0.174 e. The third-order valence-electron chi connectivity index (χ3n) is 4.98. The van der Waals surface area contributed by atoms with Crippen molar-refractivity contribution in [1.82, 2.24) is 10.2 Å². The van der Waals surface area contributed by atoms with E-state index in [-0.39, 0.29) is 11.9 Å². The Balaban J connectivity index is 1.70. The molecule has 1 aliphatic heterocycles. The highest BCUT2D eigenvalue weighted by atomic mass is 79.9. The summed E-state index contributed by atoms with van der Waals surface area (Å²) >= 11 is 3.56. The fourth-order valence-electron chi connectivity index (χ4n) is 3.57. The fourth-order valence-corrected chi connectivity index (χ4v) is 4.22. The van der Waals surface area contributed by atoms with Crippen molar-refractivity contribution in [2.45, 2.75) is 19.5 Å². The van der Waals surface area contributed by atoms with Crippen LogP contribution < -0.4 is 14.8 Å². The van der Waals surface area contributed by atoms with Crippen LogP contribution in [0.1, 0.15) is 24.1 Å². The van der Waals surface area contributed by atoms with Crippen LogP contribution in [0.3, 0.4) is 0 Å². The van der Waals surface area contributed by atoms with Crippen molar-refractivity contribution in [3.05, 3.63) is 57.8 Å². The molecule has 0 radical (unpaired) electrons. The number of hydrogen-bond donors (Lipinski definition) is 1. The highest BCUT2D eigenvalue weighted by Gasteiger charge is 2.22. The number of hydrogen-bond acceptors (Lipinski definition) is 5. The van der Waals surface area contributed by atoms with Gasteiger partial charge in [0.25, 0.3) is 0 Å². The number of halogens is 2. The van der Waals surface area contributed by atoms with Gasteiger partial charge in [-0.25, -0.2) is 4.39 Å². The lowest BCUT2D eigenvalue weighted by Crippen LogP contribution is -2.42. The Morgan fingerprint density at radius 1 is 1.21 bits per heavy atom. The second-order valence-electron chi connectivity index (χ2n) is 6.89. The van der Waals surface area contributed by atoms with Crippen molar-refractivity contribution >= 4 is 15.9 Å². The molecule has 0 spiro atoms. The molecule has 0 saturated carbocycles. The van der Waals surface area contributed by atoms with E-state index < -0.39 is 0 Å². The summed E-state index contributed by atoms with van der Waals surface area (Å²) in [7, 11) is 1.64. The Hall–Kier alpha value is -1.67. The molecule has 1 N–H and O–H groups in total. The van der Waals surface area contributed by atoms with Gasteiger partial charge in [-0.15, -0.1) is 0 Å². The molecule has 1 fully saturated rings. The van der Waals surface area contributed by atoms with Crippen LogP contribution in [0.15, 0.2) is 40.9 Å².